The number of halogens is 1. The first-order valence-corrected chi connectivity index (χ1v) is 8.87. The standard InChI is InChI=1S/C21H20FN3O2/c1-21(27,14-7-3-2-4-8-14)20(26)25-12-11-18-16(13-25)19(24-23-18)15-9-5-6-10-17(15)22/h2-10,27H,11-13H2,1H3,(H,23,24). The van der Waals surface area contributed by atoms with Gasteiger partial charge in [0.2, 0.25) is 0 Å². The molecule has 1 atom stereocenters. The summed E-state index contributed by atoms with van der Waals surface area (Å²) in [5, 5.41) is 18.1. The van der Waals surface area contributed by atoms with Crippen molar-refractivity contribution in [2.45, 2.75) is 25.5 Å². The molecule has 0 aliphatic carbocycles. The molecule has 4 rings (SSSR count). The highest BCUT2D eigenvalue weighted by atomic mass is 19.1. The summed E-state index contributed by atoms with van der Waals surface area (Å²) < 4.78 is 14.2. The van der Waals surface area contributed by atoms with Crippen molar-refractivity contribution in [1.82, 2.24) is 15.1 Å². The first-order chi connectivity index (χ1) is 13.0. The average molecular weight is 365 g/mol. The number of nitrogens with one attached hydrogen (secondary N) is 1. The van der Waals surface area contributed by atoms with Crippen molar-refractivity contribution in [3.63, 3.8) is 0 Å². The minimum atomic E-state index is -1.62. The van der Waals surface area contributed by atoms with E-state index in [0.717, 1.165) is 11.3 Å². The zero-order chi connectivity index (χ0) is 19.0. The molecule has 27 heavy (non-hydrogen) atoms. The summed E-state index contributed by atoms with van der Waals surface area (Å²) >= 11 is 0. The lowest BCUT2D eigenvalue weighted by Crippen LogP contribution is -2.47. The molecule has 1 unspecified atom stereocenters. The van der Waals surface area contributed by atoms with Gasteiger partial charge in [0.1, 0.15) is 11.5 Å². The van der Waals surface area contributed by atoms with Crippen LogP contribution in [0.25, 0.3) is 11.3 Å². The van der Waals surface area contributed by atoms with Gasteiger partial charge in [0.15, 0.2) is 5.60 Å². The lowest BCUT2D eigenvalue weighted by Gasteiger charge is -2.33. The summed E-state index contributed by atoms with van der Waals surface area (Å²) in [7, 11) is 0. The lowest BCUT2D eigenvalue weighted by molar-refractivity contribution is -0.151. The Labute approximate surface area is 156 Å². The van der Waals surface area contributed by atoms with Crippen LogP contribution in [0.2, 0.25) is 0 Å². The Bertz CT molecular complexity index is 982. The molecule has 2 aromatic carbocycles. The molecule has 1 aliphatic rings. The van der Waals surface area contributed by atoms with Crippen LogP contribution in [0.15, 0.2) is 54.6 Å². The molecular weight excluding hydrogens is 345 g/mol. The second-order valence-corrected chi connectivity index (χ2v) is 6.92. The zero-order valence-electron chi connectivity index (χ0n) is 14.9. The van der Waals surface area contributed by atoms with Crippen LogP contribution < -0.4 is 0 Å². The quantitative estimate of drug-likeness (QED) is 0.750. The normalized spacial score (nSPS) is 15.9. The third-order valence-electron chi connectivity index (χ3n) is 5.10. The minimum absolute atomic E-state index is 0.275. The monoisotopic (exact) mass is 365 g/mol. The smallest absolute Gasteiger partial charge is 0.259 e. The van der Waals surface area contributed by atoms with Crippen LogP contribution in [0.5, 0.6) is 0 Å². The van der Waals surface area contributed by atoms with E-state index in [1.165, 1.54) is 13.0 Å². The number of hydrogen-bond donors (Lipinski definition) is 2. The van der Waals surface area contributed by atoms with Crippen LogP contribution >= 0.6 is 0 Å². The van der Waals surface area contributed by atoms with Gasteiger partial charge in [-0.25, -0.2) is 4.39 Å². The molecule has 0 saturated carbocycles. The van der Waals surface area contributed by atoms with Gasteiger partial charge in [-0.05, 0) is 24.6 Å². The van der Waals surface area contributed by atoms with Crippen LogP contribution in [0.3, 0.4) is 0 Å². The van der Waals surface area contributed by atoms with Crippen molar-refractivity contribution in [3.8, 4) is 11.3 Å². The predicted octanol–water partition coefficient (Wildman–Crippen LogP) is 3.01. The van der Waals surface area contributed by atoms with Crippen LogP contribution in [-0.4, -0.2) is 32.7 Å². The van der Waals surface area contributed by atoms with E-state index in [-0.39, 0.29) is 18.3 Å². The summed E-state index contributed by atoms with van der Waals surface area (Å²) in [5.41, 5.74) is 1.53. The van der Waals surface area contributed by atoms with Crippen LogP contribution in [0, 0.1) is 5.82 Å². The van der Waals surface area contributed by atoms with Gasteiger partial charge in [-0.15, -0.1) is 0 Å². The molecule has 0 spiro atoms. The molecular formula is C21H20FN3O2. The summed E-state index contributed by atoms with van der Waals surface area (Å²) in [4.78, 5) is 14.6. The van der Waals surface area contributed by atoms with Gasteiger partial charge in [-0.1, -0.05) is 42.5 Å². The van der Waals surface area contributed by atoms with Crippen LogP contribution in [-0.2, 0) is 23.4 Å². The summed E-state index contributed by atoms with van der Waals surface area (Å²) in [6.45, 7) is 2.25. The molecule has 1 amide bonds. The molecule has 0 saturated heterocycles. The number of H-pyrrole nitrogens is 1. The topological polar surface area (TPSA) is 69.2 Å². The summed E-state index contributed by atoms with van der Waals surface area (Å²) in [6, 6.07) is 15.3. The van der Waals surface area contributed by atoms with Crippen molar-refractivity contribution >= 4 is 5.91 Å². The van der Waals surface area contributed by atoms with Crippen molar-refractivity contribution in [3.05, 3.63) is 77.2 Å². The average Bonchev–Trinajstić information content (AvgIpc) is 3.11. The van der Waals surface area contributed by atoms with E-state index in [4.69, 9.17) is 0 Å². The number of carbonyl (C=O) groups is 1. The van der Waals surface area contributed by atoms with Crippen molar-refractivity contribution in [1.29, 1.82) is 0 Å². The Morgan fingerprint density at radius 3 is 2.63 bits per heavy atom. The molecule has 2 N–H and O–H groups in total. The lowest BCUT2D eigenvalue weighted by atomic mass is 9.92. The molecule has 2 heterocycles. The van der Waals surface area contributed by atoms with E-state index in [1.807, 2.05) is 6.07 Å². The first kappa shape index (κ1) is 17.4. The molecule has 1 aromatic heterocycles. The number of hydrogen-bond acceptors (Lipinski definition) is 3. The van der Waals surface area contributed by atoms with Gasteiger partial charge < -0.3 is 10.0 Å². The minimum Gasteiger partial charge on any atom is -0.376 e. The van der Waals surface area contributed by atoms with Gasteiger partial charge in [0.25, 0.3) is 5.91 Å². The van der Waals surface area contributed by atoms with Crippen molar-refractivity contribution < 1.29 is 14.3 Å². The number of aromatic amines is 1. The maximum atomic E-state index is 14.2. The number of benzene rings is 2. The van der Waals surface area contributed by atoms with Gasteiger partial charge in [0, 0.05) is 36.3 Å². The van der Waals surface area contributed by atoms with Gasteiger partial charge in [-0.3, -0.25) is 9.89 Å². The molecule has 0 radical (unpaired) electrons. The molecule has 0 fully saturated rings. The number of rotatable bonds is 3. The molecule has 1 aliphatic heterocycles. The largest absolute Gasteiger partial charge is 0.376 e. The summed E-state index contributed by atoms with van der Waals surface area (Å²) in [5.74, 6) is -0.730. The zero-order valence-corrected chi connectivity index (χ0v) is 14.9. The first-order valence-electron chi connectivity index (χ1n) is 8.87. The number of fused-ring (bicyclic) bond motifs is 1. The Balaban J connectivity index is 1.65. The summed E-state index contributed by atoms with van der Waals surface area (Å²) in [6.07, 6.45) is 0.577. The molecule has 138 valence electrons. The van der Waals surface area contributed by atoms with E-state index in [9.17, 15) is 14.3 Å². The van der Waals surface area contributed by atoms with E-state index in [1.54, 1.807) is 47.4 Å². The molecule has 0 bridgehead atoms. The highest BCUT2D eigenvalue weighted by molar-refractivity contribution is 5.86. The molecule has 6 heteroatoms. The fourth-order valence-electron chi connectivity index (χ4n) is 3.54. The number of amides is 1. The Kier molecular flexibility index (Phi) is 4.28. The van der Waals surface area contributed by atoms with Gasteiger partial charge in [-0.2, -0.15) is 5.10 Å². The number of nitrogens with zero attached hydrogens (tertiary/aromatic N) is 2. The van der Waals surface area contributed by atoms with Gasteiger partial charge in [0.05, 0.1) is 0 Å². The number of carbonyl (C=O) groups excluding carboxylic acids is 1. The van der Waals surface area contributed by atoms with Gasteiger partial charge >= 0.3 is 0 Å². The second-order valence-electron chi connectivity index (χ2n) is 6.92. The fraction of sp³-hybridized carbons (Fsp3) is 0.238. The molecule has 3 aromatic rings. The second kappa shape index (κ2) is 6.63. The maximum Gasteiger partial charge on any atom is 0.259 e. The third-order valence-corrected chi connectivity index (χ3v) is 5.10. The van der Waals surface area contributed by atoms with Crippen LogP contribution in [0.4, 0.5) is 4.39 Å². The van der Waals surface area contributed by atoms with E-state index < -0.39 is 5.60 Å². The van der Waals surface area contributed by atoms with Crippen molar-refractivity contribution in [2.24, 2.45) is 0 Å². The predicted molar refractivity (Wildman–Crippen MR) is 99.1 cm³/mol. The van der Waals surface area contributed by atoms with E-state index in [2.05, 4.69) is 10.2 Å². The van der Waals surface area contributed by atoms with E-state index in [0.29, 0.717) is 29.8 Å². The Hall–Kier alpha value is -2.99. The Morgan fingerprint density at radius 1 is 1.19 bits per heavy atom. The number of aromatic nitrogens is 2. The maximum absolute atomic E-state index is 14.2. The SMILES string of the molecule is CC(O)(C(=O)N1CCc2[nH]nc(-c3ccccc3F)c2C1)c1ccccc1. The highest BCUT2D eigenvalue weighted by Crippen LogP contribution is 2.32. The fourth-order valence-corrected chi connectivity index (χ4v) is 3.54. The van der Waals surface area contributed by atoms with Crippen LogP contribution in [0.1, 0.15) is 23.7 Å². The number of aliphatic hydroxyl groups is 1. The Morgan fingerprint density at radius 2 is 1.89 bits per heavy atom. The van der Waals surface area contributed by atoms with E-state index >= 15 is 0 Å². The van der Waals surface area contributed by atoms with Crippen molar-refractivity contribution in [2.75, 3.05) is 6.54 Å². The highest BCUT2D eigenvalue weighted by Gasteiger charge is 2.38. The molecule has 5 nitrogen and oxygen atoms in total. The third kappa shape index (κ3) is 3.02.